The molecule has 0 saturated carbocycles. The predicted molar refractivity (Wildman–Crippen MR) is 80.9 cm³/mol. The molecule has 2 nitrogen and oxygen atoms in total. The van der Waals surface area contributed by atoms with Gasteiger partial charge in [-0.3, -0.25) is 0 Å². The van der Waals surface area contributed by atoms with Gasteiger partial charge in [0.25, 0.3) is 0 Å². The van der Waals surface area contributed by atoms with Crippen molar-refractivity contribution in [3.63, 3.8) is 0 Å². The first-order chi connectivity index (χ1) is 9.72. The van der Waals surface area contributed by atoms with Crippen molar-refractivity contribution < 1.29 is 9.13 Å². The number of halogens is 1. The van der Waals surface area contributed by atoms with E-state index in [9.17, 15) is 4.39 Å². The molecule has 0 fully saturated rings. The molecule has 0 bridgehead atoms. The summed E-state index contributed by atoms with van der Waals surface area (Å²) in [5.41, 5.74) is 0.958. The van der Waals surface area contributed by atoms with Gasteiger partial charge in [0.1, 0.15) is 11.6 Å². The van der Waals surface area contributed by atoms with Crippen LogP contribution in [0.3, 0.4) is 0 Å². The summed E-state index contributed by atoms with van der Waals surface area (Å²) in [6, 6.07) is 13.0. The summed E-state index contributed by atoms with van der Waals surface area (Å²) in [6.45, 7) is 3.60. The second kappa shape index (κ2) is 7.31. The number of rotatable bonds is 6. The van der Waals surface area contributed by atoms with Crippen molar-refractivity contribution in [1.29, 1.82) is 0 Å². The summed E-state index contributed by atoms with van der Waals surface area (Å²) in [5.74, 6) is 0.590. The van der Waals surface area contributed by atoms with Crippen LogP contribution < -0.4 is 10.1 Å². The highest BCUT2D eigenvalue weighted by Gasteiger charge is 2.06. The zero-order chi connectivity index (χ0) is 14.4. The Bertz CT molecular complexity index is 574. The predicted octanol–water partition coefficient (Wildman–Crippen LogP) is 4.10. The van der Waals surface area contributed by atoms with Gasteiger partial charge in [-0.15, -0.1) is 0 Å². The van der Waals surface area contributed by atoms with Crippen LogP contribution in [-0.4, -0.2) is 13.7 Å². The van der Waals surface area contributed by atoms with Crippen LogP contribution in [0.2, 0.25) is 0 Å². The zero-order valence-electron chi connectivity index (χ0n) is 11.7. The van der Waals surface area contributed by atoms with Crippen LogP contribution >= 0.6 is 11.8 Å². The molecule has 2 aromatic rings. The third kappa shape index (κ3) is 3.99. The average Bonchev–Trinajstić information content (AvgIpc) is 2.48. The monoisotopic (exact) mass is 291 g/mol. The van der Waals surface area contributed by atoms with Crippen molar-refractivity contribution in [2.24, 2.45) is 0 Å². The van der Waals surface area contributed by atoms with E-state index in [1.807, 2.05) is 43.3 Å². The van der Waals surface area contributed by atoms with Crippen LogP contribution in [0.25, 0.3) is 0 Å². The third-order valence-electron chi connectivity index (χ3n) is 2.84. The zero-order valence-corrected chi connectivity index (χ0v) is 12.5. The number of hydrogen-bond acceptors (Lipinski definition) is 3. The summed E-state index contributed by atoms with van der Waals surface area (Å²) in [6.07, 6.45) is 0. The molecule has 1 N–H and O–H groups in total. The molecule has 0 atom stereocenters. The largest absolute Gasteiger partial charge is 0.497 e. The van der Waals surface area contributed by atoms with Gasteiger partial charge in [0.15, 0.2) is 0 Å². The standard InChI is InChI=1S/C16H18FNOS/c1-3-18-11-12-7-8-16(15(17)9-12)20-14-6-4-5-13(10-14)19-2/h4-10,18H,3,11H2,1-2H3. The van der Waals surface area contributed by atoms with Gasteiger partial charge in [0.05, 0.1) is 7.11 Å². The number of methoxy groups -OCH3 is 1. The van der Waals surface area contributed by atoms with Crippen LogP contribution in [0.4, 0.5) is 4.39 Å². The number of nitrogens with one attached hydrogen (secondary N) is 1. The molecule has 0 amide bonds. The van der Waals surface area contributed by atoms with Gasteiger partial charge in [0.2, 0.25) is 0 Å². The summed E-state index contributed by atoms with van der Waals surface area (Å²) in [7, 11) is 1.62. The van der Waals surface area contributed by atoms with Crippen molar-refractivity contribution in [3.05, 3.63) is 53.8 Å². The second-order valence-corrected chi connectivity index (χ2v) is 5.44. The molecule has 0 aliphatic rings. The van der Waals surface area contributed by atoms with Crippen molar-refractivity contribution in [2.75, 3.05) is 13.7 Å². The van der Waals surface area contributed by atoms with E-state index in [1.54, 1.807) is 13.2 Å². The maximum absolute atomic E-state index is 14.1. The molecule has 0 radical (unpaired) electrons. The van der Waals surface area contributed by atoms with E-state index in [1.165, 1.54) is 11.8 Å². The van der Waals surface area contributed by atoms with Gasteiger partial charge in [-0.2, -0.15) is 0 Å². The minimum absolute atomic E-state index is 0.187. The lowest BCUT2D eigenvalue weighted by Gasteiger charge is -2.07. The fourth-order valence-corrected chi connectivity index (χ4v) is 2.67. The molecule has 20 heavy (non-hydrogen) atoms. The highest BCUT2D eigenvalue weighted by molar-refractivity contribution is 7.99. The fraction of sp³-hybridized carbons (Fsp3) is 0.250. The molecule has 0 saturated heterocycles. The molecule has 106 valence electrons. The van der Waals surface area contributed by atoms with Gasteiger partial charge in [0, 0.05) is 16.3 Å². The molecule has 0 spiro atoms. The Kier molecular flexibility index (Phi) is 5.44. The molecular formula is C16H18FNOS. The van der Waals surface area contributed by atoms with Gasteiger partial charge >= 0.3 is 0 Å². The lowest BCUT2D eigenvalue weighted by Crippen LogP contribution is -2.11. The lowest BCUT2D eigenvalue weighted by molar-refractivity contribution is 0.413. The normalized spacial score (nSPS) is 10.6. The molecule has 0 aliphatic heterocycles. The third-order valence-corrected chi connectivity index (χ3v) is 3.89. The second-order valence-electron chi connectivity index (χ2n) is 4.33. The van der Waals surface area contributed by atoms with E-state index in [0.717, 1.165) is 22.8 Å². The van der Waals surface area contributed by atoms with E-state index in [-0.39, 0.29) is 5.82 Å². The molecule has 2 rings (SSSR count). The van der Waals surface area contributed by atoms with Gasteiger partial charge in [-0.1, -0.05) is 30.8 Å². The molecule has 0 aliphatic carbocycles. The van der Waals surface area contributed by atoms with Crippen molar-refractivity contribution in [1.82, 2.24) is 5.32 Å². The van der Waals surface area contributed by atoms with Crippen molar-refractivity contribution >= 4 is 11.8 Å². The SMILES string of the molecule is CCNCc1ccc(Sc2cccc(OC)c2)c(F)c1. The van der Waals surface area contributed by atoms with Crippen LogP contribution in [0.1, 0.15) is 12.5 Å². The Morgan fingerprint density at radius 1 is 1.20 bits per heavy atom. The van der Waals surface area contributed by atoms with E-state index in [2.05, 4.69) is 5.32 Å². The van der Waals surface area contributed by atoms with Gasteiger partial charge < -0.3 is 10.1 Å². The Morgan fingerprint density at radius 3 is 2.75 bits per heavy atom. The quantitative estimate of drug-likeness (QED) is 0.866. The van der Waals surface area contributed by atoms with E-state index < -0.39 is 0 Å². The molecule has 2 aromatic carbocycles. The summed E-state index contributed by atoms with van der Waals surface area (Å²) in [5, 5.41) is 3.19. The van der Waals surface area contributed by atoms with Gasteiger partial charge in [-0.25, -0.2) is 4.39 Å². The number of hydrogen-bond donors (Lipinski definition) is 1. The number of benzene rings is 2. The van der Waals surface area contributed by atoms with Crippen LogP contribution in [0.15, 0.2) is 52.3 Å². The maximum atomic E-state index is 14.1. The van der Waals surface area contributed by atoms with Crippen molar-refractivity contribution in [2.45, 2.75) is 23.3 Å². The van der Waals surface area contributed by atoms with Crippen LogP contribution in [0.5, 0.6) is 5.75 Å². The molecule has 0 heterocycles. The highest BCUT2D eigenvalue weighted by Crippen LogP contribution is 2.32. The Morgan fingerprint density at radius 2 is 2.05 bits per heavy atom. The first kappa shape index (κ1) is 14.9. The molecule has 4 heteroatoms. The molecule has 0 aromatic heterocycles. The number of ether oxygens (including phenoxy) is 1. The summed E-state index contributed by atoms with van der Waals surface area (Å²) in [4.78, 5) is 1.58. The first-order valence-electron chi connectivity index (χ1n) is 6.54. The fourth-order valence-electron chi connectivity index (χ4n) is 1.80. The maximum Gasteiger partial charge on any atom is 0.137 e. The Balaban J connectivity index is 2.12. The Hall–Kier alpha value is -1.52. The van der Waals surface area contributed by atoms with E-state index in [0.29, 0.717) is 11.4 Å². The van der Waals surface area contributed by atoms with Crippen LogP contribution in [0, 0.1) is 5.82 Å². The first-order valence-corrected chi connectivity index (χ1v) is 7.35. The summed E-state index contributed by atoms with van der Waals surface area (Å²) >= 11 is 1.40. The van der Waals surface area contributed by atoms with Crippen molar-refractivity contribution in [3.8, 4) is 5.75 Å². The minimum Gasteiger partial charge on any atom is -0.497 e. The summed E-state index contributed by atoms with van der Waals surface area (Å²) < 4.78 is 19.2. The smallest absolute Gasteiger partial charge is 0.137 e. The van der Waals surface area contributed by atoms with E-state index in [4.69, 9.17) is 4.74 Å². The lowest BCUT2D eigenvalue weighted by atomic mass is 10.2. The minimum atomic E-state index is -0.187. The highest BCUT2D eigenvalue weighted by atomic mass is 32.2. The Labute approximate surface area is 123 Å². The topological polar surface area (TPSA) is 21.3 Å². The molecular weight excluding hydrogens is 273 g/mol. The molecule has 0 unspecified atom stereocenters. The average molecular weight is 291 g/mol. The van der Waals surface area contributed by atoms with E-state index >= 15 is 0 Å². The van der Waals surface area contributed by atoms with Gasteiger partial charge in [-0.05, 0) is 42.4 Å². The van der Waals surface area contributed by atoms with Crippen LogP contribution in [-0.2, 0) is 6.54 Å².